The third-order valence-corrected chi connectivity index (χ3v) is 3.56. The smallest absolute Gasteiger partial charge is 0.309 e. The summed E-state index contributed by atoms with van der Waals surface area (Å²) in [6, 6.07) is 3.21. The molecular weight excluding hydrogens is 362 g/mol. The van der Waals surface area contributed by atoms with Crippen LogP contribution in [0.5, 0.6) is 5.75 Å². The molecular formula is C14H17BrClNO4. The minimum Gasteiger partial charge on any atom is -0.491 e. The van der Waals surface area contributed by atoms with Crippen molar-refractivity contribution in [2.75, 3.05) is 11.9 Å². The highest BCUT2D eigenvalue weighted by Gasteiger charge is 2.30. The highest BCUT2D eigenvalue weighted by molar-refractivity contribution is 9.10. The summed E-state index contributed by atoms with van der Waals surface area (Å²) < 4.78 is 6.08. The Morgan fingerprint density at radius 2 is 2.05 bits per heavy atom. The molecule has 0 atom stereocenters. The van der Waals surface area contributed by atoms with Gasteiger partial charge in [-0.05, 0) is 48.8 Å². The Morgan fingerprint density at radius 3 is 2.57 bits per heavy atom. The summed E-state index contributed by atoms with van der Waals surface area (Å²) in [6.07, 6.45) is -0.155. The first-order chi connectivity index (χ1) is 9.67. The van der Waals surface area contributed by atoms with Crippen LogP contribution in [0.4, 0.5) is 5.69 Å². The number of carbonyl (C=O) groups excluding carboxylic acids is 1. The summed E-state index contributed by atoms with van der Waals surface area (Å²) in [4.78, 5) is 23.1. The molecule has 0 bridgehead atoms. The quantitative estimate of drug-likeness (QED) is 0.786. The zero-order valence-electron chi connectivity index (χ0n) is 12.0. The van der Waals surface area contributed by atoms with Gasteiger partial charge in [-0.15, -0.1) is 0 Å². The number of anilines is 1. The second kappa shape index (κ2) is 7.13. The molecule has 116 valence electrons. The molecule has 0 heterocycles. The number of carboxylic acids is 1. The van der Waals surface area contributed by atoms with Crippen LogP contribution in [0.25, 0.3) is 0 Å². The number of ether oxygens (including phenoxy) is 1. The number of rotatable bonds is 6. The lowest BCUT2D eigenvalue weighted by atomic mass is 9.89. The van der Waals surface area contributed by atoms with Gasteiger partial charge >= 0.3 is 5.97 Å². The first-order valence-electron chi connectivity index (χ1n) is 6.32. The topological polar surface area (TPSA) is 75.6 Å². The van der Waals surface area contributed by atoms with Gasteiger partial charge in [-0.25, -0.2) is 0 Å². The Labute approximate surface area is 136 Å². The maximum atomic E-state index is 12.0. The monoisotopic (exact) mass is 377 g/mol. The number of benzene rings is 1. The fraction of sp³-hybridized carbons (Fsp3) is 0.429. The summed E-state index contributed by atoms with van der Waals surface area (Å²) in [5.41, 5.74) is -0.742. The Morgan fingerprint density at radius 1 is 1.43 bits per heavy atom. The molecule has 0 unspecified atom stereocenters. The first kappa shape index (κ1) is 17.8. The highest BCUT2D eigenvalue weighted by atomic mass is 79.9. The molecule has 1 rings (SSSR count). The van der Waals surface area contributed by atoms with Crippen molar-refractivity contribution in [3.8, 4) is 5.75 Å². The van der Waals surface area contributed by atoms with Crippen molar-refractivity contribution in [3.05, 3.63) is 21.6 Å². The Bertz CT molecular complexity index is 560. The number of halogens is 2. The van der Waals surface area contributed by atoms with Crippen LogP contribution in [0.1, 0.15) is 27.2 Å². The Hall–Kier alpha value is -1.27. The molecule has 1 amide bonds. The van der Waals surface area contributed by atoms with E-state index in [4.69, 9.17) is 21.4 Å². The number of carbonyl (C=O) groups is 2. The molecule has 1 aromatic carbocycles. The van der Waals surface area contributed by atoms with E-state index in [0.717, 1.165) is 0 Å². The molecule has 0 radical (unpaired) electrons. The van der Waals surface area contributed by atoms with Crippen molar-refractivity contribution in [3.63, 3.8) is 0 Å². The van der Waals surface area contributed by atoms with E-state index >= 15 is 0 Å². The van der Waals surface area contributed by atoms with Crippen molar-refractivity contribution < 1.29 is 19.4 Å². The van der Waals surface area contributed by atoms with Crippen LogP contribution in [0.2, 0.25) is 5.02 Å². The normalized spacial score (nSPS) is 11.1. The molecule has 0 aromatic heterocycles. The van der Waals surface area contributed by atoms with Crippen molar-refractivity contribution in [2.45, 2.75) is 27.2 Å². The second-order valence-corrected chi connectivity index (χ2v) is 6.40. The number of hydrogen-bond donors (Lipinski definition) is 2. The first-order valence-corrected chi connectivity index (χ1v) is 7.49. The van der Waals surface area contributed by atoms with Crippen molar-refractivity contribution in [1.82, 2.24) is 0 Å². The average Bonchev–Trinajstić information content (AvgIpc) is 2.32. The van der Waals surface area contributed by atoms with Gasteiger partial charge in [0, 0.05) is 11.4 Å². The van der Waals surface area contributed by atoms with E-state index in [0.29, 0.717) is 27.5 Å². The van der Waals surface area contributed by atoms with E-state index in [1.807, 2.05) is 6.92 Å². The maximum Gasteiger partial charge on any atom is 0.309 e. The van der Waals surface area contributed by atoms with Crippen LogP contribution in [-0.2, 0) is 9.59 Å². The summed E-state index contributed by atoms with van der Waals surface area (Å²) in [5.74, 6) is -0.990. The highest BCUT2D eigenvalue weighted by Crippen LogP contribution is 2.37. The van der Waals surface area contributed by atoms with Gasteiger partial charge in [-0.1, -0.05) is 11.6 Å². The SMILES string of the molecule is CCOc1c(Br)cc(Cl)cc1NC(=O)CC(C)(C)C(=O)O. The van der Waals surface area contributed by atoms with Crippen LogP contribution >= 0.6 is 27.5 Å². The fourth-order valence-corrected chi connectivity index (χ4v) is 2.54. The lowest BCUT2D eigenvalue weighted by Crippen LogP contribution is -2.29. The van der Waals surface area contributed by atoms with E-state index in [-0.39, 0.29) is 6.42 Å². The number of aliphatic carboxylic acids is 1. The summed E-state index contributed by atoms with van der Waals surface area (Å²) in [7, 11) is 0. The molecule has 0 aliphatic rings. The Balaban J connectivity index is 2.97. The number of nitrogens with one attached hydrogen (secondary N) is 1. The van der Waals surface area contributed by atoms with Crippen molar-refractivity contribution >= 4 is 45.1 Å². The molecule has 5 nitrogen and oxygen atoms in total. The van der Waals surface area contributed by atoms with Gasteiger partial charge < -0.3 is 15.2 Å². The van der Waals surface area contributed by atoms with E-state index in [1.165, 1.54) is 13.8 Å². The largest absolute Gasteiger partial charge is 0.491 e. The predicted octanol–water partition coefficient (Wildman–Crippen LogP) is 3.94. The van der Waals surface area contributed by atoms with Crippen molar-refractivity contribution in [2.24, 2.45) is 5.41 Å². The third kappa shape index (κ3) is 4.89. The van der Waals surface area contributed by atoms with Crippen LogP contribution in [0.15, 0.2) is 16.6 Å². The van der Waals surface area contributed by atoms with Gasteiger partial charge in [0.15, 0.2) is 5.75 Å². The number of carboxylic acid groups (broad SMARTS) is 1. The minimum atomic E-state index is -1.15. The Kier molecular flexibility index (Phi) is 6.04. The van der Waals surface area contributed by atoms with E-state index in [9.17, 15) is 9.59 Å². The van der Waals surface area contributed by atoms with Gasteiger partial charge in [-0.2, -0.15) is 0 Å². The fourth-order valence-electron chi connectivity index (χ4n) is 1.62. The molecule has 0 saturated heterocycles. The minimum absolute atomic E-state index is 0.155. The van der Waals surface area contributed by atoms with E-state index in [1.54, 1.807) is 12.1 Å². The standard InChI is InChI=1S/C14H17BrClNO4/c1-4-21-12-9(15)5-8(16)6-10(12)17-11(18)7-14(2,3)13(19)20/h5-6H,4,7H2,1-3H3,(H,17,18)(H,19,20). The van der Waals surface area contributed by atoms with Crippen LogP contribution in [-0.4, -0.2) is 23.6 Å². The maximum absolute atomic E-state index is 12.0. The number of hydrogen-bond acceptors (Lipinski definition) is 3. The molecule has 0 aliphatic heterocycles. The van der Waals surface area contributed by atoms with Gasteiger partial charge in [0.1, 0.15) is 0 Å². The van der Waals surface area contributed by atoms with Crippen LogP contribution in [0.3, 0.4) is 0 Å². The molecule has 0 aliphatic carbocycles. The van der Waals surface area contributed by atoms with E-state index < -0.39 is 17.3 Å². The van der Waals surface area contributed by atoms with Crippen LogP contribution < -0.4 is 10.1 Å². The van der Waals surface area contributed by atoms with Gasteiger partial charge in [0.2, 0.25) is 5.91 Å². The molecule has 7 heteroatoms. The molecule has 1 aromatic rings. The van der Waals surface area contributed by atoms with Crippen LogP contribution in [0, 0.1) is 5.41 Å². The molecule has 21 heavy (non-hydrogen) atoms. The predicted molar refractivity (Wildman–Crippen MR) is 85.0 cm³/mol. The lowest BCUT2D eigenvalue weighted by molar-refractivity contribution is -0.148. The molecule has 0 saturated carbocycles. The summed E-state index contributed by atoms with van der Waals surface area (Å²) in [5, 5.41) is 12.1. The summed E-state index contributed by atoms with van der Waals surface area (Å²) >= 11 is 9.28. The molecule has 0 fully saturated rings. The number of amides is 1. The molecule has 0 spiro atoms. The molecule has 2 N–H and O–H groups in total. The van der Waals surface area contributed by atoms with Crippen molar-refractivity contribution in [1.29, 1.82) is 0 Å². The third-order valence-electron chi connectivity index (χ3n) is 2.75. The second-order valence-electron chi connectivity index (χ2n) is 5.11. The van der Waals surface area contributed by atoms with Gasteiger partial charge in [-0.3, -0.25) is 9.59 Å². The summed E-state index contributed by atoms with van der Waals surface area (Å²) in [6.45, 7) is 5.22. The zero-order valence-corrected chi connectivity index (χ0v) is 14.3. The lowest BCUT2D eigenvalue weighted by Gasteiger charge is -2.19. The van der Waals surface area contributed by atoms with Gasteiger partial charge in [0.05, 0.1) is 22.2 Å². The van der Waals surface area contributed by atoms with Gasteiger partial charge in [0.25, 0.3) is 0 Å². The zero-order chi connectivity index (χ0) is 16.2. The van der Waals surface area contributed by atoms with E-state index in [2.05, 4.69) is 21.2 Å². The average molecular weight is 379 g/mol.